The molecule has 1 aliphatic heterocycles. The van der Waals surface area contributed by atoms with Crippen LogP contribution in [0.2, 0.25) is 0 Å². The molecule has 0 radical (unpaired) electrons. The zero-order chi connectivity index (χ0) is 19.7. The second-order valence-corrected chi connectivity index (χ2v) is 6.85. The van der Waals surface area contributed by atoms with Crippen molar-refractivity contribution < 1.29 is 4.39 Å². The van der Waals surface area contributed by atoms with Gasteiger partial charge < -0.3 is 9.80 Å². The molecule has 1 N–H and O–H groups in total. The van der Waals surface area contributed by atoms with Gasteiger partial charge in [0, 0.05) is 32.2 Å². The van der Waals surface area contributed by atoms with Crippen molar-refractivity contribution in [3.05, 3.63) is 86.8 Å². The zero-order valence-electron chi connectivity index (χ0n) is 15.6. The molecule has 1 aliphatic rings. The van der Waals surface area contributed by atoms with Crippen LogP contribution in [0.1, 0.15) is 5.56 Å². The number of hydrogen-bond acceptors (Lipinski definition) is 4. The smallest absolute Gasteiger partial charge is 0.334 e. The van der Waals surface area contributed by atoms with Gasteiger partial charge in [-0.1, -0.05) is 30.3 Å². The molecule has 6 nitrogen and oxygen atoms in total. The van der Waals surface area contributed by atoms with Crippen LogP contribution in [0.25, 0.3) is 5.69 Å². The number of aromatic nitrogens is 2. The first kappa shape index (κ1) is 18.0. The Labute approximate surface area is 161 Å². The van der Waals surface area contributed by atoms with E-state index >= 15 is 0 Å². The summed E-state index contributed by atoms with van der Waals surface area (Å²) in [7, 11) is 0. The number of aromatic amines is 1. The van der Waals surface area contributed by atoms with Crippen molar-refractivity contribution in [1.82, 2.24) is 9.55 Å². The maximum Gasteiger partial charge on any atom is 0.334 e. The van der Waals surface area contributed by atoms with Crippen LogP contribution in [0.5, 0.6) is 0 Å². The molecule has 0 bridgehead atoms. The van der Waals surface area contributed by atoms with Gasteiger partial charge in [-0.15, -0.1) is 0 Å². The van der Waals surface area contributed by atoms with E-state index in [1.54, 1.807) is 24.3 Å². The van der Waals surface area contributed by atoms with Crippen LogP contribution < -0.4 is 21.0 Å². The molecule has 0 unspecified atom stereocenters. The highest BCUT2D eigenvalue weighted by atomic mass is 19.1. The van der Waals surface area contributed by atoms with Crippen LogP contribution in [0.3, 0.4) is 0 Å². The van der Waals surface area contributed by atoms with Crippen molar-refractivity contribution >= 4 is 11.5 Å². The lowest BCUT2D eigenvalue weighted by atomic mass is 10.2. The Morgan fingerprint density at radius 1 is 0.857 bits per heavy atom. The van der Waals surface area contributed by atoms with E-state index in [2.05, 4.69) is 4.98 Å². The van der Waals surface area contributed by atoms with E-state index in [9.17, 15) is 14.0 Å². The lowest BCUT2D eigenvalue weighted by molar-refractivity contribution is 0.595. The van der Waals surface area contributed by atoms with Gasteiger partial charge in [-0.25, -0.2) is 13.8 Å². The van der Waals surface area contributed by atoms with Crippen molar-refractivity contribution in [2.24, 2.45) is 0 Å². The Kier molecular flexibility index (Phi) is 4.73. The van der Waals surface area contributed by atoms with Crippen LogP contribution >= 0.6 is 0 Å². The standard InChI is InChI=1S/C21H21FN4O2/c1-15-6-2-4-8-17(15)26-20(27)14-19(23-21(26)28)25-12-10-24(11-13-25)18-9-5-3-7-16(18)22/h2-9,14H,10-13H2,1H3,(H,23,28). The summed E-state index contributed by atoms with van der Waals surface area (Å²) >= 11 is 0. The summed E-state index contributed by atoms with van der Waals surface area (Å²) in [4.78, 5) is 32.0. The van der Waals surface area contributed by atoms with E-state index in [0.29, 0.717) is 43.4 Å². The van der Waals surface area contributed by atoms with Gasteiger partial charge in [0.15, 0.2) is 0 Å². The van der Waals surface area contributed by atoms with Gasteiger partial charge in [-0.05, 0) is 30.7 Å². The molecule has 28 heavy (non-hydrogen) atoms. The highest BCUT2D eigenvalue weighted by Gasteiger charge is 2.21. The van der Waals surface area contributed by atoms with Crippen molar-refractivity contribution in [3.8, 4) is 5.69 Å². The molecule has 7 heteroatoms. The molecule has 1 aromatic heterocycles. The Morgan fingerprint density at radius 2 is 1.46 bits per heavy atom. The average Bonchev–Trinajstić information content (AvgIpc) is 2.69. The molecule has 1 saturated heterocycles. The normalized spacial score (nSPS) is 14.4. The van der Waals surface area contributed by atoms with Crippen molar-refractivity contribution in [2.75, 3.05) is 36.0 Å². The van der Waals surface area contributed by atoms with Crippen LogP contribution in [0.4, 0.5) is 15.9 Å². The summed E-state index contributed by atoms with van der Waals surface area (Å²) in [5, 5.41) is 0. The molecule has 0 spiro atoms. The molecule has 4 rings (SSSR count). The van der Waals surface area contributed by atoms with Gasteiger partial charge >= 0.3 is 5.69 Å². The van der Waals surface area contributed by atoms with E-state index in [4.69, 9.17) is 0 Å². The zero-order valence-corrected chi connectivity index (χ0v) is 15.6. The number of hydrogen-bond donors (Lipinski definition) is 1. The first-order valence-corrected chi connectivity index (χ1v) is 9.21. The monoisotopic (exact) mass is 380 g/mol. The highest BCUT2D eigenvalue weighted by Crippen LogP contribution is 2.21. The number of anilines is 2. The quantitative estimate of drug-likeness (QED) is 0.758. The Hall–Kier alpha value is -3.35. The summed E-state index contributed by atoms with van der Waals surface area (Å²) in [6.07, 6.45) is 0. The largest absolute Gasteiger partial charge is 0.366 e. The second-order valence-electron chi connectivity index (χ2n) is 6.85. The van der Waals surface area contributed by atoms with Crippen molar-refractivity contribution in [2.45, 2.75) is 6.92 Å². The predicted molar refractivity (Wildman–Crippen MR) is 108 cm³/mol. The molecule has 2 aromatic carbocycles. The number of aryl methyl sites for hydroxylation is 1. The first-order chi connectivity index (χ1) is 13.5. The predicted octanol–water partition coefficient (Wildman–Crippen LogP) is 2.30. The van der Waals surface area contributed by atoms with Crippen LogP contribution in [-0.4, -0.2) is 35.7 Å². The van der Waals surface area contributed by atoms with Crippen LogP contribution in [0.15, 0.2) is 64.2 Å². The number of nitrogens with one attached hydrogen (secondary N) is 1. The summed E-state index contributed by atoms with van der Waals surface area (Å²) in [6.45, 7) is 4.22. The number of halogens is 1. The summed E-state index contributed by atoms with van der Waals surface area (Å²) in [6, 6.07) is 15.4. The Morgan fingerprint density at radius 3 is 2.11 bits per heavy atom. The second kappa shape index (κ2) is 7.34. The van der Waals surface area contributed by atoms with Gasteiger partial charge in [-0.2, -0.15) is 0 Å². The molecular formula is C21H21FN4O2. The Bertz CT molecular complexity index is 1080. The fourth-order valence-corrected chi connectivity index (χ4v) is 3.59. The lowest BCUT2D eigenvalue weighted by Crippen LogP contribution is -2.48. The minimum Gasteiger partial charge on any atom is -0.366 e. The minimum absolute atomic E-state index is 0.245. The number of H-pyrrole nitrogens is 1. The van der Waals surface area contributed by atoms with E-state index < -0.39 is 5.69 Å². The number of para-hydroxylation sites is 2. The van der Waals surface area contributed by atoms with Gasteiger partial charge in [0.2, 0.25) is 0 Å². The number of nitrogens with zero attached hydrogens (tertiary/aromatic N) is 3. The van der Waals surface area contributed by atoms with Gasteiger partial charge in [0.1, 0.15) is 11.6 Å². The fraction of sp³-hybridized carbons (Fsp3) is 0.238. The van der Waals surface area contributed by atoms with Gasteiger partial charge in [-0.3, -0.25) is 9.78 Å². The third-order valence-electron chi connectivity index (χ3n) is 5.09. The van der Waals surface area contributed by atoms with Crippen molar-refractivity contribution in [1.29, 1.82) is 0 Å². The molecule has 0 atom stereocenters. The Balaban J connectivity index is 1.57. The van der Waals surface area contributed by atoms with E-state index in [1.807, 2.05) is 34.9 Å². The number of piperazine rings is 1. The molecule has 144 valence electrons. The molecule has 0 saturated carbocycles. The molecule has 2 heterocycles. The molecule has 3 aromatic rings. The van der Waals surface area contributed by atoms with E-state index in [1.165, 1.54) is 12.1 Å². The van der Waals surface area contributed by atoms with Gasteiger partial charge in [0.25, 0.3) is 5.56 Å². The molecular weight excluding hydrogens is 359 g/mol. The third-order valence-corrected chi connectivity index (χ3v) is 5.09. The van der Waals surface area contributed by atoms with Gasteiger partial charge in [0.05, 0.1) is 11.4 Å². The first-order valence-electron chi connectivity index (χ1n) is 9.21. The highest BCUT2D eigenvalue weighted by molar-refractivity contribution is 5.50. The molecule has 0 aliphatic carbocycles. The maximum absolute atomic E-state index is 14.0. The number of benzene rings is 2. The van der Waals surface area contributed by atoms with Crippen molar-refractivity contribution in [3.63, 3.8) is 0 Å². The average molecular weight is 380 g/mol. The number of rotatable bonds is 3. The summed E-state index contributed by atoms with van der Waals surface area (Å²) < 4.78 is 15.1. The molecule has 1 fully saturated rings. The topological polar surface area (TPSA) is 61.3 Å². The fourth-order valence-electron chi connectivity index (χ4n) is 3.59. The maximum atomic E-state index is 14.0. The lowest BCUT2D eigenvalue weighted by Gasteiger charge is -2.37. The van der Waals surface area contributed by atoms with E-state index in [0.717, 1.165) is 10.1 Å². The summed E-state index contributed by atoms with van der Waals surface area (Å²) in [5.74, 6) is 0.248. The van der Waals surface area contributed by atoms with Crippen LogP contribution in [0, 0.1) is 12.7 Å². The minimum atomic E-state index is -0.465. The van der Waals surface area contributed by atoms with E-state index in [-0.39, 0.29) is 11.4 Å². The third kappa shape index (κ3) is 3.31. The molecule has 0 amide bonds. The SMILES string of the molecule is Cc1ccccc1-n1c(=O)cc(N2CCN(c3ccccc3F)CC2)[nH]c1=O. The van der Waals surface area contributed by atoms with Crippen LogP contribution in [-0.2, 0) is 0 Å². The summed E-state index contributed by atoms with van der Waals surface area (Å²) in [5.41, 5.74) is 1.16.